The Morgan fingerprint density at radius 1 is 1.04 bits per heavy atom. The fraction of sp³-hybridized carbons (Fsp3) is 0.750. The number of benzene rings is 1. The van der Waals surface area contributed by atoms with Gasteiger partial charge in [0.15, 0.2) is 0 Å². The van der Waals surface area contributed by atoms with E-state index in [0.29, 0.717) is 18.4 Å². The van der Waals surface area contributed by atoms with Crippen LogP contribution in [0.4, 0.5) is 4.39 Å². The van der Waals surface area contributed by atoms with Gasteiger partial charge in [-0.15, -0.1) is 0 Å². The first-order valence-corrected chi connectivity index (χ1v) is 11.4. The van der Waals surface area contributed by atoms with Crippen LogP contribution in [0.1, 0.15) is 62.8 Å². The number of hydrogen-bond acceptors (Lipinski definition) is 3. The van der Waals surface area contributed by atoms with E-state index in [2.05, 4.69) is 40.1 Å². The summed E-state index contributed by atoms with van der Waals surface area (Å²) in [4.78, 5) is 5.02. The predicted molar refractivity (Wildman–Crippen MR) is 112 cm³/mol. The molecule has 3 nitrogen and oxygen atoms in total. The summed E-state index contributed by atoms with van der Waals surface area (Å²) in [6.45, 7) is 5.05. The van der Waals surface area contributed by atoms with Gasteiger partial charge >= 0.3 is 0 Å². The van der Waals surface area contributed by atoms with E-state index < -0.39 is 0 Å². The van der Waals surface area contributed by atoms with E-state index in [1.807, 2.05) is 0 Å². The lowest BCUT2D eigenvalue weighted by atomic mass is 9.66. The second-order valence-corrected chi connectivity index (χ2v) is 9.52. The van der Waals surface area contributed by atoms with E-state index in [9.17, 15) is 9.50 Å². The van der Waals surface area contributed by atoms with Gasteiger partial charge < -0.3 is 10.0 Å². The molecule has 3 fully saturated rings. The summed E-state index contributed by atoms with van der Waals surface area (Å²) >= 11 is 0. The average molecular weight is 389 g/mol. The molecule has 1 spiro atoms. The molecule has 1 aromatic rings. The SMILES string of the molecule is O[C@@H]1C[C@@]2(CCCN(CCCF)C2)CC[C@H]1N1CCC(c2ccccc2)CC1. The molecule has 156 valence electrons. The van der Waals surface area contributed by atoms with Gasteiger partial charge in [0.05, 0.1) is 12.8 Å². The minimum atomic E-state index is -0.215. The molecule has 0 amide bonds. The fourth-order valence-electron chi connectivity index (χ4n) is 6.20. The molecule has 0 radical (unpaired) electrons. The number of rotatable bonds is 5. The highest BCUT2D eigenvalue weighted by molar-refractivity contribution is 5.20. The Labute approximate surface area is 169 Å². The third-order valence-electron chi connectivity index (χ3n) is 7.67. The molecule has 1 N–H and O–H groups in total. The van der Waals surface area contributed by atoms with Gasteiger partial charge in [0.25, 0.3) is 0 Å². The van der Waals surface area contributed by atoms with Gasteiger partial charge in [-0.2, -0.15) is 0 Å². The Balaban J connectivity index is 1.30. The number of aliphatic hydroxyl groups excluding tert-OH is 1. The number of piperidine rings is 2. The summed E-state index contributed by atoms with van der Waals surface area (Å²) in [6.07, 6.45) is 8.56. The molecule has 3 aliphatic rings. The van der Waals surface area contributed by atoms with E-state index >= 15 is 0 Å². The Morgan fingerprint density at radius 3 is 2.54 bits per heavy atom. The van der Waals surface area contributed by atoms with E-state index in [1.54, 1.807) is 0 Å². The largest absolute Gasteiger partial charge is 0.391 e. The molecule has 3 atom stereocenters. The second-order valence-electron chi connectivity index (χ2n) is 9.52. The normalized spacial score (nSPS) is 33.4. The third-order valence-corrected chi connectivity index (χ3v) is 7.67. The van der Waals surface area contributed by atoms with Crippen molar-refractivity contribution in [3.05, 3.63) is 35.9 Å². The molecule has 2 heterocycles. The van der Waals surface area contributed by atoms with E-state index in [1.165, 1.54) is 37.7 Å². The number of likely N-dealkylation sites (tertiary alicyclic amines) is 2. The first-order chi connectivity index (χ1) is 13.7. The van der Waals surface area contributed by atoms with Crippen LogP contribution in [0.5, 0.6) is 0 Å². The molecule has 0 unspecified atom stereocenters. The molecule has 1 aliphatic carbocycles. The van der Waals surface area contributed by atoms with Crippen LogP contribution in [0.25, 0.3) is 0 Å². The van der Waals surface area contributed by atoms with Crippen LogP contribution in [0.2, 0.25) is 0 Å². The van der Waals surface area contributed by atoms with Crippen molar-refractivity contribution in [2.45, 2.75) is 69.4 Å². The maximum absolute atomic E-state index is 12.6. The van der Waals surface area contributed by atoms with Crippen molar-refractivity contribution in [1.82, 2.24) is 9.80 Å². The van der Waals surface area contributed by atoms with E-state index in [-0.39, 0.29) is 18.2 Å². The monoisotopic (exact) mass is 388 g/mol. The molecular weight excluding hydrogens is 351 g/mol. The zero-order chi connectivity index (χ0) is 19.4. The second kappa shape index (κ2) is 9.23. The Bertz CT molecular complexity index is 604. The quantitative estimate of drug-likeness (QED) is 0.818. The van der Waals surface area contributed by atoms with Crippen molar-refractivity contribution >= 4 is 0 Å². The Kier molecular flexibility index (Phi) is 6.70. The third kappa shape index (κ3) is 4.60. The highest BCUT2D eigenvalue weighted by Crippen LogP contribution is 2.45. The van der Waals surface area contributed by atoms with Crippen LogP contribution < -0.4 is 0 Å². The van der Waals surface area contributed by atoms with Gasteiger partial charge in [0.2, 0.25) is 0 Å². The molecule has 0 aromatic heterocycles. The smallest absolute Gasteiger partial charge is 0.0906 e. The van der Waals surface area contributed by atoms with E-state index in [4.69, 9.17) is 0 Å². The van der Waals surface area contributed by atoms with Crippen molar-refractivity contribution in [3.63, 3.8) is 0 Å². The van der Waals surface area contributed by atoms with Gasteiger partial charge in [-0.05, 0) is 87.9 Å². The van der Waals surface area contributed by atoms with Crippen molar-refractivity contribution in [2.24, 2.45) is 5.41 Å². The highest BCUT2D eigenvalue weighted by Gasteiger charge is 2.44. The lowest BCUT2D eigenvalue weighted by Crippen LogP contribution is -2.55. The number of nitrogens with zero attached hydrogens (tertiary/aromatic N) is 2. The van der Waals surface area contributed by atoms with Crippen molar-refractivity contribution in [1.29, 1.82) is 0 Å². The number of alkyl halides is 1. The van der Waals surface area contributed by atoms with Crippen LogP contribution >= 0.6 is 0 Å². The van der Waals surface area contributed by atoms with Crippen LogP contribution in [0.15, 0.2) is 30.3 Å². The van der Waals surface area contributed by atoms with Gasteiger partial charge in [0.1, 0.15) is 0 Å². The van der Waals surface area contributed by atoms with Gasteiger partial charge in [0, 0.05) is 19.1 Å². The molecule has 2 aliphatic heterocycles. The predicted octanol–water partition coefficient (Wildman–Crippen LogP) is 4.22. The van der Waals surface area contributed by atoms with Crippen LogP contribution in [-0.2, 0) is 0 Å². The van der Waals surface area contributed by atoms with Crippen LogP contribution in [0.3, 0.4) is 0 Å². The maximum atomic E-state index is 12.6. The fourth-order valence-corrected chi connectivity index (χ4v) is 6.20. The molecule has 0 bridgehead atoms. The van der Waals surface area contributed by atoms with Crippen LogP contribution in [0, 0.1) is 5.41 Å². The molecule has 2 saturated heterocycles. The lowest BCUT2D eigenvalue weighted by molar-refractivity contribution is -0.0603. The van der Waals surface area contributed by atoms with Crippen molar-refractivity contribution in [3.8, 4) is 0 Å². The van der Waals surface area contributed by atoms with Crippen molar-refractivity contribution in [2.75, 3.05) is 39.4 Å². The first kappa shape index (κ1) is 20.3. The molecule has 28 heavy (non-hydrogen) atoms. The zero-order valence-electron chi connectivity index (χ0n) is 17.2. The summed E-state index contributed by atoms with van der Waals surface area (Å²) in [5.74, 6) is 0.673. The Hall–Kier alpha value is -0.970. The topological polar surface area (TPSA) is 26.7 Å². The zero-order valence-corrected chi connectivity index (χ0v) is 17.2. The number of hydrogen-bond donors (Lipinski definition) is 1. The minimum Gasteiger partial charge on any atom is -0.391 e. The summed E-state index contributed by atoms with van der Waals surface area (Å²) < 4.78 is 12.6. The molecular formula is C24H37FN2O. The van der Waals surface area contributed by atoms with E-state index in [0.717, 1.165) is 45.6 Å². The van der Waals surface area contributed by atoms with Crippen molar-refractivity contribution < 1.29 is 9.50 Å². The minimum absolute atomic E-state index is 0.205. The maximum Gasteiger partial charge on any atom is 0.0906 e. The van der Waals surface area contributed by atoms with Gasteiger partial charge in [-0.3, -0.25) is 9.29 Å². The molecule has 4 rings (SSSR count). The van der Waals surface area contributed by atoms with Crippen LogP contribution in [-0.4, -0.2) is 66.5 Å². The average Bonchev–Trinajstić information content (AvgIpc) is 2.73. The number of aliphatic hydroxyl groups is 1. The highest BCUT2D eigenvalue weighted by atomic mass is 19.1. The summed E-state index contributed by atoms with van der Waals surface area (Å²) in [7, 11) is 0. The summed E-state index contributed by atoms with van der Waals surface area (Å²) in [5, 5.41) is 11.1. The molecule has 1 saturated carbocycles. The Morgan fingerprint density at radius 2 is 1.82 bits per heavy atom. The molecule has 4 heteroatoms. The summed E-state index contributed by atoms with van der Waals surface area (Å²) in [5.41, 5.74) is 1.74. The lowest BCUT2D eigenvalue weighted by Gasteiger charge is -2.51. The summed E-state index contributed by atoms with van der Waals surface area (Å²) in [6, 6.07) is 11.2. The standard InChI is InChI=1S/C24H37FN2O/c25-13-5-15-26-14-4-11-24(19-26)12-8-22(23(28)18-24)27-16-9-21(10-17-27)20-6-2-1-3-7-20/h1-3,6-7,21-23,28H,4-5,8-19H2/t22-,23-,24-/m1/s1. The molecule has 1 aromatic carbocycles. The number of halogens is 1. The van der Waals surface area contributed by atoms with Gasteiger partial charge in [-0.1, -0.05) is 30.3 Å². The van der Waals surface area contributed by atoms with Gasteiger partial charge in [-0.25, -0.2) is 0 Å². The first-order valence-electron chi connectivity index (χ1n) is 11.4.